The standard InChI is InChI=1S/C15H25N3O/c1-13(12-16-2)15(19)17-10-7-11-18(3)14-8-5-4-6-9-14/h4-6,8-9,13,16H,7,10-12H2,1-3H3,(H,17,19). The molecule has 4 heteroatoms. The Kier molecular flexibility index (Phi) is 6.97. The lowest BCUT2D eigenvalue weighted by atomic mass is 10.1. The van der Waals surface area contributed by atoms with Gasteiger partial charge in [0.25, 0.3) is 0 Å². The molecule has 0 aliphatic heterocycles. The van der Waals surface area contributed by atoms with E-state index >= 15 is 0 Å². The second-order valence-corrected chi connectivity index (χ2v) is 4.86. The first-order valence-corrected chi connectivity index (χ1v) is 6.83. The van der Waals surface area contributed by atoms with Crippen molar-refractivity contribution in [2.75, 3.05) is 38.6 Å². The van der Waals surface area contributed by atoms with E-state index in [1.165, 1.54) is 5.69 Å². The van der Waals surface area contributed by atoms with Gasteiger partial charge in [0.1, 0.15) is 0 Å². The van der Waals surface area contributed by atoms with E-state index in [1.807, 2.05) is 32.2 Å². The minimum Gasteiger partial charge on any atom is -0.375 e. The average molecular weight is 263 g/mol. The topological polar surface area (TPSA) is 44.4 Å². The largest absolute Gasteiger partial charge is 0.375 e. The third kappa shape index (κ3) is 5.75. The number of carbonyl (C=O) groups excluding carboxylic acids is 1. The summed E-state index contributed by atoms with van der Waals surface area (Å²) in [6, 6.07) is 10.3. The SMILES string of the molecule is CNCC(C)C(=O)NCCCN(C)c1ccccc1. The van der Waals surface area contributed by atoms with Crippen LogP contribution in [0.25, 0.3) is 0 Å². The van der Waals surface area contributed by atoms with Crippen LogP contribution in [0.5, 0.6) is 0 Å². The van der Waals surface area contributed by atoms with Gasteiger partial charge in [-0.05, 0) is 25.6 Å². The first kappa shape index (κ1) is 15.5. The molecule has 0 aliphatic rings. The highest BCUT2D eigenvalue weighted by molar-refractivity contribution is 5.78. The van der Waals surface area contributed by atoms with E-state index in [4.69, 9.17) is 0 Å². The van der Waals surface area contributed by atoms with Crippen molar-refractivity contribution in [1.82, 2.24) is 10.6 Å². The Balaban J connectivity index is 2.19. The van der Waals surface area contributed by atoms with Crippen molar-refractivity contribution in [3.63, 3.8) is 0 Å². The number of hydrogen-bond acceptors (Lipinski definition) is 3. The highest BCUT2D eigenvalue weighted by Crippen LogP contribution is 2.10. The van der Waals surface area contributed by atoms with Gasteiger partial charge in [-0.1, -0.05) is 25.1 Å². The summed E-state index contributed by atoms with van der Waals surface area (Å²) < 4.78 is 0. The van der Waals surface area contributed by atoms with Crippen molar-refractivity contribution in [2.45, 2.75) is 13.3 Å². The number of nitrogens with zero attached hydrogens (tertiary/aromatic N) is 1. The summed E-state index contributed by atoms with van der Waals surface area (Å²) in [7, 11) is 3.93. The van der Waals surface area contributed by atoms with Gasteiger partial charge in [0.15, 0.2) is 0 Å². The van der Waals surface area contributed by atoms with E-state index in [-0.39, 0.29) is 11.8 Å². The molecule has 1 rings (SSSR count). The zero-order chi connectivity index (χ0) is 14.1. The van der Waals surface area contributed by atoms with E-state index in [0.717, 1.165) is 26.1 Å². The average Bonchev–Trinajstić information content (AvgIpc) is 2.44. The van der Waals surface area contributed by atoms with Crippen LogP contribution in [0.15, 0.2) is 30.3 Å². The maximum atomic E-state index is 11.7. The van der Waals surface area contributed by atoms with Crippen LogP contribution in [0.3, 0.4) is 0 Å². The van der Waals surface area contributed by atoms with Crippen LogP contribution in [-0.4, -0.2) is 39.6 Å². The quantitative estimate of drug-likeness (QED) is 0.698. The second-order valence-electron chi connectivity index (χ2n) is 4.86. The van der Waals surface area contributed by atoms with Gasteiger partial charge >= 0.3 is 0 Å². The van der Waals surface area contributed by atoms with E-state index in [1.54, 1.807) is 0 Å². The minimum atomic E-state index is 0.0249. The predicted molar refractivity (Wildman–Crippen MR) is 80.4 cm³/mol. The maximum absolute atomic E-state index is 11.7. The van der Waals surface area contributed by atoms with Gasteiger partial charge in [-0.3, -0.25) is 4.79 Å². The molecule has 0 aromatic heterocycles. The third-order valence-corrected chi connectivity index (χ3v) is 3.12. The molecule has 19 heavy (non-hydrogen) atoms. The number of benzene rings is 1. The van der Waals surface area contributed by atoms with E-state index in [2.05, 4.69) is 34.7 Å². The Labute approximate surface area is 116 Å². The van der Waals surface area contributed by atoms with Gasteiger partial charge in [-0.25, -0.2) is 0 Å². The van der Waals surface area contributed by atoms with Crippen molar-refractivity contribution in [3.05, 3.63) is 30.3 Å². The van der Waals surface area contributed by atoms with Crippen LogP contribution < -0.4 is 15.5 Å². The summed E-state index contributed by atoms with van der Waals surface area (Å²) in [5.41, 5.74) is 1.21. The molecule has 106 valence electrons. The molecule has 0 spiro atoms. The molecule has 1 aromatic rings. The molecule has 1 amide bonds. The van der Waals surface area contributed by atoms with Crippen molar-refractivity contribution in [2.24, 2.45) is 5.92 Å². The molecule has 1 atom stereocenters. The van der Waals surface area contributed by atoms with Crippen molar-refractivity contribution in [3.8, 4) is 0 Å². The lowest BCUT2D eigenvalue weighted by Gasteiger charge is -2.19. The molecule has 4 nitrogen and oxygen atoms in total. The number of amides is 1. The molecular weight excluding hydrogens is 238 g/mol. The molecule has 0 radical (unpaired) electrons. The van der Waals surface area contributed by atoms with Gasteiger partial charge in [-0.15, -0.1) is 0 Å². The van der Waals surface area contributed by atoms with Crippen LogP contribution in [0.1, 0.15) is 13.3 Å². The van der Waals surface area contributed by atoms with Crippen LogP contribution in [0.2, 0.25) is 0 Å². The molecule has 0 saturated carbocycles. The predicted octanol–water partition coefficient (Wildman–Crippen LogP) is 1.48. The number of rotatable bonds is 8. The number of nitrogens with one attached hydrogen (secondary N) is 2. The molecule has 0 heterocycles. The Morgan fingerprint density at radius 1 is 1.32 bits per heavy atom. The van der Waals surface area contributed by atoms with E-state index in [9.17, 15) is 4.79 Å². The Morgan fingerprint density at radius 2 is 2.00 bits per heavy atom. The van der Waals surface area contributed by atoms with Gasteiger partial charge in [0.05, 0.1) is 0 Å². The van der Waals surface area contributed by atoms with E-state index < -0.39 is 0 Å². The minimum absolute atomic E-state index is 0.0249. The van der Waals surface area contributed by atoms with Gasteiger partial charge in [0.2, 0.25) is 5.91 Å². The smallest absolute Gasteiger partial charge is 0.224 e. The second kappa shape index (κ2) is 8.53. The molecule has 0 saturated heterocycles. The highest BCUT2D eigenvalue weighted by Gasteiger charge is 2.10. The number of hydrogen-bond donors (Lipinski definition) is 2. The molecular formula is C15H25N3O. The van der Waals surface area contributed by atoms with Crippen LogP contribution in [0, 0.1) is 5.92 Å². The lowest BCUT2D eigenvalue weighted by molar-refractivity contribution is -0.124. The fourth-order valence-corrected chi connectivity index (χ4v) is 1.91. The Morgan fingerprint density at radius 3 is 2.63 bits per heavy atom. The first-order chi connectivity index (χ1) is 9.15. The summed E-state index contributed by atoms with van der Waals surface area (Å²) >= 11 is 0. The fourth-order valence-electron chi connectivity index (χ4n) is 1.91. The molecule has 0 aliphatic carbocycles. The van der Waals surface area contributed by atoms with E-state index in [0.29, 0.717) is 0 Å². The first-order valence-electron chi connectivity index (χ1n) is 6.83. The van der Waals surface area contributed by atoms with Crippen LogP contribution in [-0.2, 0) is 4.79 Å². The zero-order valence-electron chi connectivity index (χ0n) is 12.1. The normalized spacial score (nSPS) is 11.9. The van der Waals surface area contributed by atoms with Gasteiger partial charge in [-0.2, -0.15) is 0 Å². The van der Waals surface area contributed by atoms with Crippen LogP contribution in [0.4, 0.5) is 5.69 Å². The zero-order valence-corrected chi connectivity index (χ0v) is 12.1. The molecule has 2 N–H and O–H groups in total. The Hall–Kier alpha value is -1.55. The van der Waals surface area contributed by atoms with Gasteiger partial charge < -0.3 is 15.5 Å². The van der Waals surface area contributed by atoms with Crippen LogP contribution >= 0.6 is 0 Å². The number of carbonyl (C=O) groups is 1. The molecule has 1 unspecified atom stereocenters. The summed E-state index contributed by atoms with van der Waals surface area (Å²) in [5.74, 6) is 0.147. The summed E-state index contributed by atoms with van der Waals surface area (Å²) in [5, 5.41) is 5.98. The number of anilines is 1. The molecule has 0 fully saturated rings. The van der Waals surface area contributed by atoms with Gasteiger partial charge in [0, 0.05) is 38.3 Å². The third-order valence-electron chi connectivity index (χ3n) is 3.12. The van der Waals surface area contributed by atoms with Crippen molar-refractivity contribution in [1.29, 1.82) is 0 Å². The van der Waals surface area contributed by atoms with Crippen molar-refractivity contribution < 1.29 is 4.79 Å². The molecule has 1 aromatic carbocycles. The summed E-state index contributed by atoms with van der Waals surface area (Å²) in [6.07, 6.45) is 0.948. The maximum Gasteiger partial charge on any atom is 0.224 e. The highest BCUT2D eigenvalue weighted by atomic mass is 16.1. The lowest BCUT2D eigenvalue weighted by Crippen LogP contribution is -2.35. The Bertz CT molecular complexity index is 367. The molecule has 0 bridgehead atoms. The summed E-state index contributed by atoms with van der Waals surface area (Å²) in [6.45, 7) is 4.31. The monoisotopic (exact) mass is 263 g/mol. The van der Waals surface area contributed by atoms with Crippen molar-refractivity contribution >= 4 is 11.6 Å². The fraction of sp³-hybridized carbons (Fsp3) is 0.533. The number of para-hydroxylation sites is 1. The summed E-state index contributed by atoms with van der Waals surface area (Å²) in [4.78, 5) is 13.9.